The van der Waals surface area contributed by atoms with Gasteiger partial charge in [-0.05, 0) is 37.3 Å². The van der Waals surface area contributed by atoms with Gasteiger partial charge in [0.15, 0.2) is 0 Å². The number of hydrogen-bond acceptors (Lipinski definition) is 4. The summed E-state index contributed by atoms with van der Waals surface area (Å²) < 4.78 is 5.52. The molecule has 3 rings (SSSR count). The molecule has 21 heavy (non-hydrogen) atoms. The van der Waals surface area contributed by atoms with Crippen molar-refractivity contribution < 1.29 is 4.74 Å². The molecule has 0 aliphatic carbocycles. The maximum absolute atomic E-state index is 5.99. The number of nitrogen functional groups attached to an aromatic ring is 1. The van der Waals surface area contributed by atoms with E-state index in [2.05, 4.69) is 10.3 Å². The van der Waals surface area contributed by atoms with Crippen molar-refractivity contribution in [1.29, 1.82) is 0 Å². The smallest absolute Gasteiger partial charge is 0.121 e. The summed E-state index contributed by atoms with van der Waals surface area (Å²) in [5.41, 5.74) is 8.69. The number of benzene rings is 2. The van der Waals surface area contributed by atoms with Gasteiger partial charge in [-0.3, -0.25) is 4.98 Å². The number of rotatable bonds is 4. The first-order chi connectivity index (χ1) is 10.3. The molecule has 0 bridgehead atoms. The van der Waals surface area contributed by atoms with E-state index in [0.717, 1.165) is 33.6 Å². The van der Waals surface area contributed by atoms with Crippen LogP contribution in [0.3, 0.4) is 0 Å². The molecule has 4 heteroatoms. The van der Waals surface area contributed by atoms with Crippen LogP contribution in [0.2, 0.25) is 0 Å². The lowest BCUT2D eigenvalue weighted by atomic mass is 10.1. The highest BCUT2D eigenvalue weighted by atomic mass is 16.5. The molecule has 0 amide bonds. The summed E-state index contributed by atoms with van der Waals surface area (Å²) in [6.07, 6.45) is 3.55. The fourth-order valence-electron chi connectivity index (χ4n) is 2.31. The van der Waals surface area contributed by atoms with Crippen molar-refractivity contribution in [3.05, 3.63) is 54.9 Å². The van der Waals surface area contributed by atoms with E-state index < -0.39 is 0 Å². The number of hydrogen-bond donors (Lipinski definition) is 2. The molecule has 106 valence electrons. The topological polar surface area (TPSA) is 60.2 Å². The minimum Gasteiger partial charge on any atom is -0.494 e. The second kappa shape index (κ2) is 5.71. The summed E-state index contributed by atoms with van der Waals surface area (Å²) in [5, 5.41) is 5.41. The molecule has 0 spiro atoms. The maximum atomic E-state index is 5.99. The van der Waals surface area contributed by atoms with Crippen LogP contribution in [0.25, 0.3) is 10.8 Å². The van der Waals surface area contributed by atoms with Crippen LogP contribution in [-0.4, -0.2) is 11.6 Å². The molecule has 0 radical (unpaired) electrons. The predicted molar refractivity (Wildman–Crippen MR) is 87.0 cm³/mol. The van der Waals surface area contributed by atoms with Gasteiger partial charge < -0.3 is 15.8 Å². The van der Waals surface area contributed by atoms with Crippen LogP contribution < -0.4 is 15.8 Å². The fraction of sp³-hybridized carbons (Fsp3) is 0.118. The number of anilines is 3. The highest BCUT2D eigenvalue weighted by Crippen LogP contribution is 2.30. The minimum atomic E-state index is 0.653. The molecule has 0 aliphatic heterocycles. The second-order valence-corrected chi connectivity index (χ2v) is 4.71. The summed E-state index contributed by atoms with van der Waals surface area (Å²) in [6, 6.07) is 13.7. The monoisotopic (exact) mass is 279 g/mol. The lowest BCUT2D eigenvalue weighted by Crippen LogP contribution is -1.96. The van der Waals surface area contributed by atoms with E-state index in [-0.39, 0.29) is 0 Å². The van der Waals surface area contributed by atoms with Crippen LogP contribution in [0.5, 0.6) is 5.75 Å². The molecular weight excluding hydrogens is 262 g/mol. The van der Waals surface area contributed by atoms with Crippen molar-refractivity contribution in [2.45, 2.75) is 6.92 Å². The van der Waals surface area contributed by atoms with Crippen molar-refractivity contribution in [2.75, 3.05) is 17.7 Å². The third-order valence-electron chi connectivity index (χ3n) is 3.28. The first-order valence-corrected chi connectivity index (χ1v) is 6.90. The third kappa shape index (κ3) is 2.74. The average Bonchev–Trinajstić information content (AvgIpc) is 2.51. The molecule has 0 unspecified atom stereocenters. The van der Waals surface area contributed by atoms with E-state index in [1.54, 1.807) is 12.4 Å². The Morgan fingerprint density at radius 1 is 1.14 bits per heavy atom. The van der Waals surface area contributed by atoms with Crippen molar-refractivity contribution >= 4 is 27.8 Å². The molecule has 4 nitrogen and oxygen atoms in total. The molecule has 0 saturated heterocycles. The number of fused-ring (bicyclic) bond motifs is 1. The standard InChI is InChI=1S/C17H17N3O/c1-2-21-13-5-3-4-12(10-13)20-17-7-6-16(18)15-11-19-9-8-14(15)17/h3-11,20H,2,18H2,1H3. The van der Waals surface area contributed by atoms with Gasteiger partial charge >= 0.3 is 0 Å². The number of nitrogens with two attached hydrogens (primary N) is 1. The number of nitrogens with zero attached hydrogens (tertiary/aromatic N) is 1. The summed E-state index contributed by atoms with van der Waals surface area (Å²) in [7, 11) is 0. The maximum Gasteiger partial charge on any atom is 0.121 e. The number of ether oxygens (including phenoxy) is 1. The van der Waals surface area contributed by atoms with Gasteiger partial charge in [-0.2, -0.15) is 0 Å². The lowest BCUT2D eigenvalue weighted by molar-refractivity contribution is 0.340. The Hall–Kier alpha value is -2.75. The third-order valence-corrected chi connectivity index (χ3v) is 3.28. The highest BCUT2D eigenvalue weighted by Gasteiger charge is 2.05. The second-order valence-electron chi connectivity index (χ2n) is 4.71. The van der Waals surface area contributed by atoms with E-state index in [4.69, 9.17) is 10.5 Å². The van der Waals surface area contributed by atoms with Crippen molar-refractivity contribution in [3.8, 4) is 5.75 Å². The molecular formula is C17H17N3O. The first-order valence-electron chi connectivity index (χ1n) is 6.90. The summed E-state index contributed by atoms with van der Waals surface area (Å²) in [4.78, 5) is 4.13. The fourth-order valence-corrected chi connectivity index (χ4v) is 2.31. The zero-order chi connectivity index (χ0) is 14.7. The Morgan fingerprint density at radius 3 is 2.90 bits per heavy atom. The Labute approximate surface area is 123 Å². The number of pyridine rings is 1. The van der Waals surface area contributed by atoms with Gasteiger partial charge in [0.25, 0.3) is 0 Å². The Bertz CT molecular complexity index is 771. The van der Waals surface area contributed by atoms with Gasteiger partial charge in [0.05, 0.1) is 6.61 Å². The normalized spacial score (nSPS) is 10.5. The average molecular weight is 279 g/mol. The van der Waals surface area contributed by atoms with Crippen LogP contribution in [0.15, 0.2) is 54.9 Å². The molecule has 1 aromatic heterocycles. The van der Waals surface area contributed by atoms with Gasteiger partial charge in [-0.1, -0.05) is 6.07 Å². The summed E-state index contributed by atoms with van der Waals surface area (Å²) in [5.74, 6) is 0.851. The van der Waals surface area contributed by atoms with Crippen LogP contribution in [-0.2, 0) is 0 Å². The van der Waals surface area contributed by atoms with Gasteiger partial charge in [0.1, 0.15) is 5.75 Å². The highest BCUT2D eigenvalue weighted by molar-refractivity contribution is 6.01. The minimum absolute atomic E-state index is 0.653. The van der Waals surface area contributed by atoms with E-state index in [9.17, 15) is 0 Å². The van der Waals surface area contributed by atoms with E-state index in [1.165, 1.54) is 0 Å². The van der Waals surface area contributed by atoms with E-state index in [0.29, 0.717) is 6.61 Å². The van der Waals surface area contributed by atoms with Crippen LogP contribution in [0.1, 0.15) is 6.92 Å². The molecule has 0 atom stereocenters. The molecule has 2 aromatic carbocycles. The van der Waals surface area contributed by atoms with Gasteiger partial charge in [-0.25, -0.2) is 0 Å². The zero-order valence-electron chi connectivity index (χ0n) is 11.8. The van der Waals surface area contributed by atoms with Crippen molar-refractivity contribution in [3.63, 3.8) is 0 Å². The summed E-state index contributed by atoms with van der Waals surface area (Å²) >= 11 is 0. The molecule has 0 fully saturated rings. The Morgan fingerprint density at radius 2 is 2.05 bits per heavy atom. The molecule has 3 N–H and O–H groups in total. The van der Waals surface area contributed by atoms with E-state index in [1.807, 2.05) is 49.4 Å². The van der Waals surface area contributed by atoms with Crippen LogP contribution in [0, 0.1) is 0 Å². The largest absolute Gasteiger partial charge is 0.494 e. The zero-order valence-corrected chi connectivity index (χ0v) is 11.8. The molecule has 0 aliphatic rings. The van der Waals surface area contributed by atoms with Gasteiger partial charge in [0.2, 0.25) is 0 Å². The molecule has 0 saturated carbocycles. The number of nitrogens with one attached hydrogen (secondary N) is 1. The SMILES string of the molecule is CCOc1cccc(Nc2ccc(N)c3cnccc23)c1. The Kier molecular flexibility index (Phi) is 3.60. The molecule has 1 heterocycles. The predicted octanol–water partition coefficient (Wildman–Crippen LogP) is 3.96. The number of aromatic nitrogens is 1. The van der Waals surface area contributed by atoms with Crippen molar-refractivity contribution in [1.82, 2.24) is 4.98 Å². The first kappa shape index (κ1) is 13.2. The molecule has 3 aromatic rings. The van der Waals surface area contributed by atoms with Crippen molar-refractivity contribution in [2.24, 2.45) is 0 Å². The van der Waals surface area contributed by atoms with Gasteiger partial charge in [0, 0.05) is 46.3 Å². The van der Waals surface area contributed by atoms with Crippen LogP contribution >= 0.6 is 0 Å². The van der Waals surface area contributed by atoms with E-state index >= 15 is 0 Å². The lowest BCUT2D eigenvalue weighted by Gasteiger charge is -2.12. The van der Waals surface area contributed by atoms with Crippen LogP contribution in [0.4, 0.5) is 17.1 Å². The summed E-state index contributed by atoms with van der Waals surface area (Å²) in [6.45, 7) is 2.63. The van der Waals surface area contributed by atoms with Gasteiger partial charge in [-0.15, -0.1) is 0 Å². The quantitative estimate of drug-likeness (QED) is 0.710. The Balaban J connectivity index is 1.98.